The lowest BCUT2D eigenvalue weighted by molar-refractivity contribution is -0.143. The van der Waals surface area contributed by atoms with Crippen LogP contribution in [0.2, 0.25) is 0 Å². The average molecular weight is 393 g/mol. The summed E-state index contributed by atoms with van der Waals surface area (Å²) in [5.41, 5.74) is 0.963. The maximum absolute atomic E-state index is 12.4. The first-order chi connectivity index (χ1) is 11.5. The van der Waals surface area contributed by atoms with Crippen LogP contribution >= 0.6 is 15.9 Å². The van der Waals surface area contributed by atoms with Crippen molar-refractivity contribution in [1.29, 1.82) is 0 Å². The lowest BCUT2D eigenvalue weighted by Gasteiger charge is -2.19. The molecule has 3 rings (SSSR count). The highest BCUT2D eigenvalue weighted by molar-refractivity contribution is 9.10. The van der Waals surface area contributed by atoms with Gasteiger partial charge in [-0.1, -0.05) is 40.9 Å². The molecule has 1 heterocycles. The van der Waals surface area contributed by atoms with Crippen LogP contribution in [0.1, 0.15) is 44.2 Å². The van der Waals surface area contributed by atoms with Crippen LogP contribution in [0.5, 0.6) is 0 Å². The average Bonchev–Trinajstić information content (AvgIpc) is 2.80. The second-order valence-electron chi connectivity index (χ2n) is 6.60. The van der Waals surface area contributed by atoms with Crippen molar-refractivity contribution >= 4 is 33.7 Å². The van der Waals surface area contributed by atoms with E-state index in [0.717, 1.165) is 40.6 Å². The van der Waals surface area contributed by atoms with Crippen LogP contribution in [0, 0.1) is 11.8 Å². The van der Waals surface area contributed by atoms with E-state index in [1.807, 2.05) is 31.2 Å². The maximum atomic E-state index is 12.4. The molecule has 0 aromatic heterocycles. The molecule has 1 aliphatic heterocycles. The fraction of sp³-hybridized carbons (Fsp3) is 0.500. The van der Waals surface area contributed by atoms with Crippen LogP contribution in [-0.4, -0.2) is 29.2 Å². The van der Waals surface area contributed by atoms with E-state index < -0.39 is 0 Å². The number of likely N-dealkylation sites (tertiary alicyclic amines) is 1. The SMILES string of the molecule is C[C@H](NC(=O)CN1C(=O)[C@@H]2CCCC[C@H]2C1=O)c1cccc(Br)c1. The summed E-state index contributed by atoms with van der Waals surface area (Å²) in [6.07, 6.45) is 3.50. The van der Waals surface area contributed by atoms with Gasteiger partial charge in [-0.05, 0) is 37.5 Å². The number of amides is 3. The molecule has 0 bridgehead atoms. The number of nitrogens with zero attached hydrogens (tertiary/aromatic N) is 1. The van der Waals surface area contributed by atoms with Crippen molar-refractivity contribution in [3.8, 4) is 0 Å². The minimum Gasteiger partial charge on any atom is -0.348 e. The standard InChI is InChI=1S/C18H21BrN2O3/c1-11(12-5-4-6-13(19)9-12)20-16(22)10-21-17(23)14-7-2-3-8-15(14)18(21)24/h4-6,9,11,14-15H,2-3,7-8,10H2,1H3,(H,20,22)/t11-,14+,15+/m0/s1. The molecule has 1 aliphatic carbocycles. The molecule has 1 aromatic rings. The first-order valence-electron chi connectivity index (χ1n) is 8.37. The summed E-state index contributed by atoms with van der Waals surface area (Å²) in [7, 11) is 0. The summed E-state index contributed by atoms with van der Waals surface area (Å²) >= 11 is 3.41. The molecule has 1 N–H and O–H groups in total. The van der Waals surface area contributed by atoms with Crippen molar-refractivity contribution in [2.75, 3.05) is 6.54 Å². The van der Waals surface area contributed by atoms with Gasteiger partial charge in [0.05, 0.1) is 17.9 Å². The number of carbonyl (C=O) groups excluding carboxylic acids is 3. The lowest BCUT2D eigenvalue weighted by atomic mass is 9.81. The van der Waals surface area contributed by atoms with Crippen LogP contribution in [0.4, 0.5) is 0 Å². The molecule has 3 amide bonds. The molecule has 5 nitrogen and oxygen atoms in total. The van der Waals surface area contributed by atoms with Crippen LogP contribution in [-0.2, 0) is 14.4 Å². The molecule has 1 saturated heterocycles. The summed E-state index contributed by atoms with van der Waals surface area (Å²) < 4.78 is 0.940. The van der Waals surface area contributed by atoms with Crippen molar-refractivity contribution in [3.63, 3.8) is 0 Å². The maximum Gasteiger partial charge on any atom is 0.240 e. The molecular formula is C18H21BrN2O3. The van der Waals surface area contributed by atoms with Crippen LogP contribution < -0.4 is 5.32 Å². The Bertz CT molecular complexity index is 652. The van der Waals surface area contributed by atoms with Crippen LogP contribution in [0.3, 0.4) is 0 Å². The van der Waals surface area contributed by atoms with E-state index in [-0.39, 0.29) is 42.1 Å². The number of fused-ring (bicyclic) bond motifs is 1. The number of rotatable bonds is 4. The summed E-state index contributed by atoms with van der Waals surface area (Å²) in [6.45, 7) is 1.70. The Morgan fingerprint density at radius 2 is 1.88 bits per heavy atom. The number of nitrogens with one attached hydrogen (secondary N) is 1. The van der Waals surface area contributed by atoms with E-state index in [1.54, 1.807) is 0 Å². The van der Waals surface area contributed by atoms with Gasteiger partial charge in [-0.15, -0.1) is 0 Å². The third-order valence-corrected chi connectivity index (χ3v) is 5.45. The Labute approximate surface area is 149 Å². The Kier molecular flexibility index (Phi) is 5.04. The topological polar surface area (TPSA) is 66.5 Å². The zero-order valence-corrected chi connectivity index (χ0v) is 15.2. The molecule has 0 radical (unpaired) electrons. The normalized spacial score (nSPS) is 24.7. The molecule has 1 aromatic carbocycles. The molecule has 0 unspecified atom stereocenters. The highest BCUT2D eigenvalue weighted by Crippen LogP contribution is 2.37. The van der Waals surface area contributed by atoms with Gasteiger partial charge in [-0.3, -0.25) is 19.3 Å². The van der Waals surface area contributed by atoms with E-state index in [4.69, 9.17) is 0 Å². The van der Waals surface area contributed by atoms with E-state index in [1.165, 1.54) is 0 Å². The zero-order valence-electron chi connectivity index (χ0n) is 13.6. The van der Waals surface area contributed by atoms with Crippen LogP contribution in [0.15, 0.2) is 28.7 Å². The molecule has 3 atom stereocenters. The van der Waals surface area contributed by atoms with Gasteiger partial charge >= 0.3 is 0 Å². The minimum absolute atomic E-state index is 0.171. The van der Waals surface area contributed by atoms with Gasteiger partial charge in [0.2, 0.25) is 17.7 Å². The minimum atomic E-state index is -0.303. The van der Waals surface area contributed by atoms with Gasteiger partial charge < -0.3 is 5.32 Å². The molecule has 24 heavy (non-hydrogen) atoms. The Balaban J connectivity index is 1.62. The number of imide groups is 1. The quantitative estimate of drug-likeness (QED) is 0.801. The van der Waals surface area contributed by atoms with Crippen LogP contribution in [0.25, 0.3) is 0 Å². The van der Waals surface area contributed by atoms with E-state index in [9.17, 15) is 14.4 Å². The number of carbonyl (C=O) groups is 3. The number of hydrogen-bond donors (Lipinski definition) is 1. The summed E-state index contributed by atoms with van der Waals surface area (Å²) in [6, 6.07) is 7.49. The molecule has 2 aliphatic rings. The second-order valence-corrected chi connectivity index (χ2v) is 7.52. The highest BCUT2D eigenvalue weighted by Gasteiger charge is 2.48. The third kappa shape index (κ3) is 3.38. The second kappa shape index (κ2) is 7.05. The summed E-state index contributed by atoms with van der Waals surface area (Å²) in [4.78, 5) is 38.3. The molecule has 2 fully saturated rings. The largest absolute Gasteiger partial charge is 0.348 e. The van der Waals surface area contributed by atoms with Gasteiger partial charge in [0.15, 0.2) is 0 Å². The smallest absolute Gasteiger partial charge is 0.240 e. The van der Waals surface area contributed by atoms with Crippen molar-refractivity contribution < 1.29 is 14.4 Å². The van der Waals surface area contributed by atoms with Crippen molar-refractivity contribution in [2.24, 2.45) is 11.8 Å². The summed E-state index contributed by atoms with van der Waals surface area (Å²) in [5, 5.41) is 2.87. The van der Waals surface area contributed by atoms with E-state index in [2.05, 4.69) is 21.2 Å². The van der Waals surface area contributed by atoms with Gasteiger partial charge in [-0.25, -0.2) is 0 Å². The molecule has 6 heteroatoms. The van der Waals surface area contributed by atoms with Gasteiger partial charge in [-0.2, -0.15) is 0 Å². The van der Waals surface area contributed by atoms with E-state index >= 15 is 0 Å². The molecular weight excluding hydrogens is 372 g/mol. The zero-order chi connectivity index (χ0) is 17.3. The predicted octanol–water partition coefficient (Wildman–Crippen LogP) is 2.80. The van der Waals surface area contributed by atoms with Crippen molar-refractivity contribution in [3.05, 3.63) is 34.3 Å². The summed E-state index contributed by atoms with van der Waals surface area (Å²) in [5.74, 6) is -1.06. The van der Waals surface area contributed by atoms with Crippen molar-refractivity contribution in [2.45, 2.75) is 38.6 Å². The first-order valence-corrected chi connectivity index (χ1v) is 9.16. The van der Waals surface area contributed by atoms with E-state index in [0.29, 0.717) is 0 Å². The van der Waals surface area contributed by atoms with Gasteiger partial charge in [0.1, 0.15) is 6.54 Å². The number of benzene rings is 1. The fourth-order valence-electron chi connectivity index (χ4n) is 3.68. The predicted molar refractivity (Wildman–Crippen MR) is 92.9 cm³/mol. The van der Waals surface area contributed by atoms with Crippen molar-refractivity contribution in [1.82, 2.24) is 10.2 Å². The Morgan fingerprint density at radius 1 is 1.25 bits per heavy atom. The fourth-order valence-corrected chi connectivity index (χ4v) is 4.09. The molecule has 128 valence electrons. The van der Waals surface area contributed by atoms with Gasteiger partial charge in [0.25, 0.3) is 0 Å². The Hall–Kier alpha value is -1.69. The Morgan fingerprint density at radius 3 is 2.46 bits per heavy atom. The van der Waals surface area contributed by atoms with Gasteiger partial charge in [0, 0.05) is 4.47 Å². The highest BCUT2D eigenvalue weighted by atomic mass is 79.9. The monoisotopic (exact) mass is 392 g/mol. The first kappa shape index (κ1) is 17.1. The number of halogens is 1. The third-order valence-electron chi connectivity index (χ3n) is 4.96. The number of hydrogen-bond acceptors (Lipinski definition) is 3. The molecule has 1 saturated carbocycles. The lowest BCUT2D eigenvalue weighted by Crippen LogP contribution is -2.41. The molecule has 0 spiro atoms.